The largest absolute Gasteiger partial charge is 0.357 e. The van der Waals surface area contributed by atoms with Crippen LogP contribution in [0.3, 0.4) is 0 Å². The number of pyridine rings is 1. The lowest BCUT2D eigenvalue weighted by atomic mass is 10.2. The van der Waals surface area contributed by atoms with Crippen LogP contribution in [-0.2, 0) is 6.54 Å². The molecule has 3 aliphatic rings. The quantitative estimate of drug-likeness (QED) is 0.905. The molecule has 1 saturated carbocycles. The fourth-order valence-electron chi connectivity index (χ4n) is 4.03. The van der Waals surface area contributed by atoms with Crippen molar-refractivity contribution in [3.8, 4) is 0 Å². The standard InChI is InChI=1S/C19H30N4/c1-2-4-11-22(10-3-1)19-13-16(7-9-20-19)14-21-17-8-12-23(15-17)18-5-6-18/h7,9,13,17-18,21H,1-6,8,10-12,14-15H2. The second kappa shape index (κ2) is 7.18. The summed E-state index contributed by atoms with van der Waals surface area (Å²) < 4.78 is 0. The lowest BCUT2D eigenvalue weighted by Gasteiger charge is -2.22. The second-order valence-corrected chi connectivity index (χ2v) is 7.52. The third-order valence-corrected chi connectivity index (χ3v) is 5.62. The fraction of sp³-hybridized carbons (Fsp3) is 0.737. The van der Waals surface area contributed by atoms with Gasteiger partial charge in [0.2, 0.25) is 0 Å². The third kappa shape index (κ3) is 4.04. The van der Waals surface area contributed by atoms with Crippen LogP contribution in [0.4, 0.5) is 5.82 Å². The molecular weight excluding hydrogens is 284 g/mol. The molecule has 4 rings (SSSR count). The van der Waals surface area contributed by atoms with E-state index in [4.69, 9.17) is 0 Å². The minimum atomic E-state index is 0.672. The molecule has 1 aromatic rings. The molecule has 23 heavy (non-hydrogen) atoms. The zero-order valence-corrected chi connectivity index (χ0v) is 14.2. The predicted molar refractivity (Wildman–Crippen MR) is 94.8 cm³/mol. The summed E-state index contributed by atoms with van der Waals surface area (Å²) in [5.41, 5.74) is 1.38. The van der Waals surface area contributed by atoms with Gasteiger partial charge in [0.25, 0.3) is 0 Å². The maximum Gasteiger partial charge on any atom is 0.128 e. The Morgan fingerprint density at radius 2 is 1.87 bits per heavy atom. The van der Waals surface area contributed by atoms with E-state index in [9.17, 15) is 0 Å². The molecule has 2 saturated heterocycles. The summed E-state index contributed by atoms with van der Waals surface area (Å²) in [7, 11) is 0. The van der Waals surface area contributed by atoms with Crippen LogP contribution in [0.2, 0.25) is 0 Å². The van der Waals surface area contributed by atoms with E-state index in [0.717, 1.165) is 12.6 Å². The summed E-state index contributed by atoms with van der Waals surface area (Å²) in [6.07, 6.45) is 11.5. The number of aromatic nitrogens is 1. The highest BCUT2D eigenvalue weighted by molar-refractivity contribution is 5.41. The summed E-state index contributed by atoms with van der Waals surface area (Å²) in [5, 5.41) is 3.77. The summed E-state index contributed by atoms with van der Waals surface area (Å²) in [6, 6.07) is 6.05. The van der Waals surface area contributed by atoms with Crippen molar-refractivity contribution in [1.82, 2.24) is 15.2 Å². The average molecular weight is 314 g/mol. The van der Waals surface area contributed by atoms with E-state index in [1.54, 1.807) is 0 Å². The average Bonchev–Trinajstić information content (AvgIpc) is 3.38. The van der Waals surface area contributed by atoms with Crippen molar-refractivity contribution >= 4 is 5.82 Å². The summed E-state index contributed by atoms with van der Waals surface area (Å²) >= 11 is 0. The maximum absolute atomic E-state index is 4.62. The zero-order chi connectivity index (χ0) is 15.5. The van der Waals surface area contributed by atoms with Gasteiger partial charge in [-0.2, -0.15) is 0 Å². The van der Waals surface area contributed by atoms with E-state index < -0.39 is 0 Å². The summed E-state index contributed by atoms with van der Waals surface area (Å²) in [5.74, 6) is 1.18. The first-order valence-electron chi connectivity index (χ1n) is 9.56. The van der Waals surface area contributed by atoms with Gasteiger partial charge in [0.15, 0.2) is 0 Å². The number of rotatable bonds is 5. The van der Waals surface area contributed by atoms with E-state index in [1.807, 2.05) is 6.20 Å². The number of likely N-dealkylation sites (tertiary alicyclic amines) is 1. The highest BCUT2D eigenvalue weighted by atomic mass is 15.2. The Labute approximate surface area is 140 Å². The van der Waals surface area contributed by atoms with Crippen LogP contribution >= 0.6 is 0 Å². The summed E-state index contributed by atoms with van der Waals surface area (Å²) in [6.45, 7) is 5.85. The first-order valence-corrected chi connectivity index (χ1v) is 9.56. The van der Waals surface area contributed by atoms with Crippen molar-refractivity contribution in [3.63, 3.8) is 0 Å². The fourth-order valence-corrected chi connectivity index (χ4v) is 4.03. The highest BCUT2D eigenvalue weighted by Crippen LogP contribution is 2.29. The van der Waals surface area contributed by atoms with Gasteiger partial charge >= 0.3 is 0 Å². The number of hydrogen-bond acceptors (Lipinski definition) is 4. The Kier molecular flexibility index (Phi) is 4.81. The number of nitrogens with zero attached hydrogens (tertiary/aromatic N) is 3. The molecule has 4 heteroatoms. The van der Waals surface area contributed by atoms with Crippen LogP contribution in [0.15, 0.2) is 18.3 Å². The Morgan fingerprint density at radius 3 is 2.65 bits per heavy atom. The molecule has 1 aromatic heterocycles. The zero-order valence-electron chi connectivity index (χ0n) is 14.2. The molecule has 126 valence electrons. The molecule has 3 heterocycles. The monoisotopic (exact) mass is 314 g/mol. The van der Waals surface area contributed by atoms with Gasteiger partial charge in [-0.3, -0.25) is 4.90 Å². The van der Waals surface area contributed by atoms with Crippen molar-refractivity contribution in [2.75, 3.05) is 31.1 Å². The van der Waals surface area contributed by atoms with Gasteiger partial charge in [-0.1, -0.05) is 12.8 Å². The molecule has 1 aliphatic carbocycles. The van der Waals surface area contributed by atoms with Gasteiger partial charge in [-0.25, -0.2) is 4.98 Å². The van der Waals surface area contributed by atoms with Gasteiger partial charge in [0, 0.05) is 51.0 Å². The SMILES string of the molecule is c1cc(CNC2CCN(C3CC3)C2)cc(N2CCCCCC2)n1. The van der Waals surface area contributed by atoms with E-state index in [0.29, 0.717) is 6.04 Å². The van der Waals surface area contributed by atoms with E-state index in [-0.39, 0.29) is 0 Å². The lowest BCUT2D eigenvalue weighted by molar-refractivity contribution is 0.317. The Balaban J connectivity index is 1.31. The van der Waals surface area contributed by atoms with Crippen LogP contribution in [0.1, 0.15) is 50.5 Å². The molecule has 0 amide bonds. The van der Waals surface area contributed by atoms with Crippen molar-refractivity contribution in [3.05, 3.63) is 23.9 Å². The molecule has 0 bridgehead atoms. The highest BCUT2D eigenvalue weighted by Gasteiger charge is 2.34. The maximum atomic E-state index is 4.62. The minimum Gasteiger partial charge on any atom is -0.357 e. The number of anilines is 1. The van der Waals surface area contributed by atoms with Gasteiger partial charge in [0.05, 0.1) is 0 Å². The Bertz CT molecular complexity index is 506. The third-order valence-electron chi connectivity index (χ3n) is 5.62. The molecule has 0 spiro atoms. The van der Waals surface area contributed by atoms with Crippen LogP contribution in [-0.4, -0.2) is 48.1 Å². The van der Waals surface area contributed by atoms with E-state index in [1.165, 1.54) is 82.5 Å². The first kappa shape index (κ1) is 15.4. The van der Waals surface area contributed by atoms with Crippen molar-refractivity contribution in [2.45, 2.75) is 63.6 Å². The van der Waals surface area contributed by atoms with Crippen molar-refractivity contribution < 1.29 is 0 Å². The molecule has 0 radical (unpaired) electrons. The van der Waals surface area contributed by atoms with Crippen LogP contribution in [0.5, 0.6) is 0 Å². The molecular formula is C19H30N4. The van der Waals surface area contributed by atoms with Crippen molar-refractivity contribution in [2.24, 2.45) is 0 Å². The smallest absolute Gasteiger partial charge is 0.128 e. The molecule has 1 atom stereocenters. The Hall–Kier alpha value is -1.13. The van der Waals surface area contributed by atoms with E-state index >= 15 is 0 Å². The Morgan fingerprint density at radius 1 is 1.04 bits per heavy atom. The molecule has 1 unspecified atom stereocenters. The van der Waals surface area contributed by atoms with Gasteiger partial charge in [-0.05, 0) is 49.8 Å². The lowest BCUT2D eigenvalue weighted by Crippen LogP contribution is -2.33. The molecule has 1 N–H and O–H groups in total. The van der Waals surface area contributed by atoms with Crippen LogP contribution in [0, 0.1) is 0 Å². The van der Waals surface area contributed by atoms with Gasteiger partial charge in [-0.15, -0.1) is 0 Å². The molecule has 4 nitrogen and oxygen atoms in total. The molecule has 2 aliphatic heterocycles. The second-order valence-electron chi connectivity index (χ2n) is 7.52. The molecule has 3 fully saturated rings. The van der Waals surface area contributed by atoms with Gasteiger partial charge in [0.1, 0.15) is 5.82 Å². The predicted octanol–water partition coefficient (Wildman–Crippen LogP) is 2.79. The first-order chi connectivity index (χ1) is 11.4. The number of hydrogen-bond donors (Lipinski definition) is 1. The molecule has 0 aromatic carbocycles. The van der Waals surface area contributed by atoms with Crippen LogP contribution < -0.4 is 10.2 Å². The normalized spacial score (nSPS) is 26.4. The van der Waals surface area contributed by atoms with E-state index in [2.05, 4.69) is 32.2 Å². The van der Waals surface area contributed by atoms with Gasteiger partial charge < -0.3 is 10.2 Å². The summed E-state index contributed by atoms with van der Waals surface area (Å²) in [4.78, 5) is 9.76. The topological polar surface area (TPSA) is 31.4 Å². The number of nitrogens with one attached hydrogen (secondary N) is 1. The van der Waals surface area contributed by atoms with Crippen molar-refractivity contribution in [1.29, 1.82) is 0 Å². The van der Waals surface area contributed by atoms with Crippen LogP contribution in [0.25, 0.3) is 0 Å². The minimum absolute atomic E-state index is 0.672.